The third-order valence-corrected chi connectivity index (χ3v) is 4.21. The van der Waals surface area contributed by atoms with E-state index in [1.54, 1.807) is 23.1 Å². The van der Waals surface area contributed by atoms with Gasteiger partial charge in [-0.2, -0.15) is 18.0 Å². The second-order valence-corrected chi connectivity index (χ2v) is 5.98. The molecule has 2 rings (SSSR count). The van der Waals surface area contributed by atoms with E-state index < -0.39 is 10.2 Å². The standard InChI is InChI=1S/C12H14N4O3S/c13-9-10-2-1-3-11(8-10)12(17)15-4-6-16(7-5-15)20(14,18)19/h1-3,8H,4-7H2,(H2,14,18,19). The summed E-state index contributed by atoms with van der Waals surface area (Å²) < 4.78 is 23.5. The van der Waals surface area contributed by atoms with E-state index >= 15 is 0 Å². The number of hydrogen-bond acceptors (Lipinski definition) is 4. The molecule has 1 saturated heterocycles. The van der Waals surface area contributed by atoms with Gasteiger partial charge in [-0.15, -0.1) is 0 Å². The topological polar surface area (TPSA) is 108 Å². The molecule has 1 heterocycles. The van der Waals surface area contributed by atoms with Gasteiger partial charge in [0.1, 0.15) is 0 Å². The Bertz CT molecular complexity index is 658. The number of nitriles is 1. The molecule has 0 unspecified atom stereocenters. The van der Waals surface area contributed by atoms with Crippen LogP contribution in [0.4, 0.5) is 0 Å². The molecule has 1 aliphatic heterocycles. The summed E-state index contributed by atoms with van der Waals surface area (Å²) in [6.07, 6.45) is 0. The lowest BCUT2D eigenvalue weighted by atomic mass is 10.1. The number of piperazine rings is 1. The summed E-state index contributed by atoms with van der Waals surface area (Å²) >= 11 is 0. The second-order valence-electron chi connectivity index (χ2n) is 4.43. The first-order valence-electron chi connectivity index (χ1n) is 5.99. The number of hydrogen-bond donors (Lipinski definition) is 1. The summed E-state index contributed by atoms with van der Waals surface area (Å²) in [5.74, 6) is -0.212. The van der Waals surface area contributed by atoms with Crippen molar-refractivity contribution in [1.29, 1.82) is 5.26 Å². The minimum atomic E-state index is -3.70. The Balaban J connectivity index is 2.07. The zero-order valence-corrected chi connectivity index (χ0v) is 11.5. The van der Waals surface area contributed by atoms with Crippen molar-refractivity contribution in [3.63, 3.8) is 0 Å². The summed E-state index contributed by atoms with van der Waals surface area (Å²) in [7, 11) is -3.70. The van der Waals surface area contributed by atoms with Crippen molar-refractivity contribution >= 4 is 16.1 Å². The Morgan fingerprint density at radius 3 is 2.45 bits per heavy atom. The Kier molecular flexibility index (Phi) is 4.04. The SMILES string of the molecule is N#Cc1cccc(C(=O)N2CCN(S(N)(=O)=O)CC2)c1. The van der Waals surface area contributed by atoms with Crippen LogP contribution in [-0.4, -0.2) is 49.7 Å². The molecule has 0 saturated carbocycles. The molecule has 1 aromatic rings. The summed E-state index contributed by atoms with van der Waals surface area (Å²) in [6, 6.07) is 8.40. The van der Waals surface area contributed by atoms with Crippen LogP contribution in [0, 0.1) is 11.3 Å². The first-order chi connectivity index (χ1) is 9.41. The molecule has 1 aliphatic rings. The Labute approximate surface area is 117 Å². The molecule has 0 aliphatic carbocycles. The van der Waals surface area contributed by atoms with Gasteiger partial charge in [0.15, 0.2) is 0 Å². The number of rotatable bonds is 2. The largest absolute Gasteiger partial charge is 0.336 e. The molecule has 20 heavy (non-hydrogen) atoms. The highest BCUT2D eigenvalue weighted by molar-refractivity contribution is 7.86. The van der Waals surface area contributed by atoms with E-state index in [1.165, 1.54) is 6.07 Å². The summed E-state index contributed by atoms with van der Waals surface area (Å²) in [4.78, 5) is 13.8. The Morgan fingerprint density at radius 2 is 1.90 bits per heavy atom. The minimum Gasteiger partial charge on any atom is -0.336 e. The van der Waals surface area contributed by atoms with E-state index in [4.69, 9.17) is 10.4 Å². The molecular weight excluding hydrogens is 280 g/mol. The smallest absolute Gasteiger partial charge is 0.277 e. The molecule has 1 fully saturated rings. The highest BCUT2D eigenvalue weighted by Crippen LogP contribution is 2.11. The zero-order chi connectivity index (χ0) is 14.8. The summed E-state index contributed by atoms with van der Waals surface area (Å²) in [6.45, 7) is 0.934. The normalized spacial score (nSPS) is 16.7. The van der Waals surface area contributed by atoms with Gasteiger partial charge in [0, 0.05) is 31.7 Å². The van der Waals surface area contributed by atoms with Crippen molar-refractivity contribution in [1.82, 2.24) is 9.21 Å². The van der Waals surface area contributed by atoms with Gasteiger partial charge in [-0.3, -0.25) is 4.79 Å². The van der Waals surface area contributed by atoms with Crippen LogP contribution in [0.1, 0.15) is 15.9 Å². The van der Waals surface area contributed by atoms with Gasteiger partial charge in [0.05, 0.1) is 11.6 Å². The van der Waals surface area contributed by atoms with Crippen molar-refractivity contribution in [3.8, 4) is 6.07 Å². The van der Waals surface area contributed by atoms with Crippen molar-refractivity contribution in [2.75, 3.05) is 26.2 Å². The van der Waals surface area contributed by atoms with Crippen LogP contribution in [0.2, 0.25) is 0 Å². The third kappa shape index (κ3) is 3.14. The molecular formula is C12H14N4O3S. The minimum absolute atomic E-state index is 0.183. The quantitative estimate of drug-likeness (QED) is 0.794. The molecule has 0 radical (unpaired) electrons. The predicted octanol–water partition coefficient (Wildman–Crippen LogP) is -0.480. The van der Waals surface area contributed by atoms with Crippen molar-refractivity contribution in [3.05, 3.63) is 35.4 Å². The van der Waals surface area contributed by atoms with Gasteiger partial charge in [0.25, 0.3) is 16.1 Å². The fourth-order valence-corrected chi connectivity index (χ4v) is 2.72. The second kappa shape index (κ2) is 5.58. The number of nitrogens with two attached hydrogens (primary N) is 1. The molecule has 1 aromatic carbocycles. The monoisotopic (exact) mass is 294 g/mol. The molecule has 8 heteroatoms. The van der Waals surface area contributed by atoms with Gasteiger partial charge in [0.2, 0.25) is 0 Å². The van der Waals surface area contributed by atoms with E-state index in [0.717, 1.165) is 4.31 Å². The zero-order valence-electron chi connectivity index (χ0n) is 10.7. The lowest BCUT2D eigenvalue weighted by molar-refractivity contribution is 0.0698. The fourth-order valence-electron chi connectivity index (χ4n) is 2.05. The van der Waals surface area contributed by atoms with E-state index in [0.29, 0.717) is 11.1 Å². The molecule has 1 amide bonds. The molecule has 0 aromatic heterocycles. The highest BCUT2D eigenvalue weighted by atomic mass is 32.2. The number of benzene rings is 1. The van der Waals surface area contributed by atoms with E-state index in [9.17, 15) is 13.2 Å². The Hall–Kier alpha value is -1.95. The summed E-state index contributed by atoms with van der Waals surface area (Å²) in [5.41, 5.74) is 0.840. The number of carbonyl (C=O) groups excluding carboxylic acids is 1. The average Bonchev–Trinajstić information content (AvgIpc) is 2.46. The molecule has 106 valence electrons. The highest BCUT2D eigenvalue weighted by Gasteiger charge is 2.26. The van der Waals surface area contributed by atoms with Gasteiger partial charge in [-0.1, -0.05) is 6.07 Å². The maximum atomic E-state index is 12.2. The lowest BCUT2D eigenvalue weighted by Gasteiger charge is -2.33. The van der Waals surface area contributed by atoms with Crippen LogP contribution in [0.25, 0.3) is 0 Å². The molecule has 0 spiro atoms. The first-order valence-corrected chi connectivity index (χ1v) is 7.49. The molecule has 0 atom stereocenters. The number of amides is 1. The maximum Gasteiger partial charge on any atom is 0.277 e. The van der Waals surface area contributed by atoms with Gasteiger partial charge in [-0.25, -0.2) is 5.14 Å². The van der Waals surface area contributed by atoms with E-state index in [1.807, 2.05) is 6.07 Å². The van der Waals surface area contributed by atoms with Crippen LogP contribution >= 0.6 is 0 Å². The Morgan fingerprint density at radius 1 is 1.25 bits per heavy atom. The fraction of sp³-hybridized carbons (Fsp3) is 0.333. The van der Waals surface area contributed by atoms with Crippen LogP contribution in [0.5, 0.6) is 0 Å². The average molecular weight is 294 g/mol. The van der Waals surface area contributed by atoms with Gasteiger partial charge < -0.3 is 4.90 Å². The number of carbonyl (C=O) groups is 1. The third-order valence-electron chi connectivity index (χ3n) is 3.12. The van der Waals surface area contributed by atoms with Crippen molar-refractivity contribution in [2.24, 2.45) is 5.14 Å². The first kappa shape index (κ1) is 14.5. The predicted molar refractivity (Wildman–Crippen MR) is 71.7 cm³/mol. The number of nitrogens with zero attached hydrogens (tertiary/aromatic N) is 3. The van der Waals surface area contributed by atoms with E-state index in [-0.39, 0.29) is 32.1 Å². The van der Waals surface area contributed by atoms with Crippen molar-refractivity contribution in [2.45, 2.75) is 0 Å². The van der Waals surface area contributed by atoms with Crippen LogP contribution in [0.3, 0.4) is 0 Å². The molecule has 0 bridgehead atoms. The van der Waals surface area contributed by atoms with Gasteiger partial charge >= 0.3 is 0 Å². The lowest BCUT2D eigenvalue weighted by Crippen LogP contribution is -2.52. The van der Waals surface area contributed by atoms with Crippen LogP contribution in [0.15, 0.2) is 24.3 Å². The molecule has 2 N–H and O–H groups in total. The summed E-state index contributed by atoms with van der Waals surface area (Å²) in [5, 5.41) is 13.9. The van der Waals surface area contributed by atoms with Crippen LogP contribution < -0.4 is 5.14 Å². The van der Waals surface area contributed by atoms with E-state index in [2.05, 4.69) is 0 Å². The van der Waals surface area contributed by atoms with Crippen LogP contribution in [-0.2, 0) is 10.2 Å². The van der Waals surface area contributed by atoms with Crippen molar-refractivity contribution < 1.29 is 13.2 Å². The van der Waals surface area contributed by atoms with Gasteiger partial charge in [-0.05, 0) is 18.2 Å². The molecule has 7 nitrogen and oxygen atoms in total. The maximum absolute atomic E-state index is 12.2.